The Morgan fingerprint density at radius 3 is 2.62 bits per heavy atom. The van der Waals surface area contributed by atoms with Gasteiger partial charge in [0.1, 0.15) is 0 Å². The number of hydrogen-bond acceptors (Lipinski definition) is 0. The van der Waals surface area contributed by atoms with E-state index in [0.717, 1.165) is 5.92 Å². The number of aromatic nitrogens is 1. The van der Waals surface area contributed by atoms with Gasteiger partial charge >= 0.3 is 0 Å². The lowest BCUT2D eigenvalue weighted by atomic mass is 9.97. The number of aromatic amines is 1. The van der Waals surface area contributed by atoms with E-state index >= 15 is 0 Å². The minimum Gasteiger partial charge on any atom is -0.355 e. The zero-order chi connectivity index (χ0) is 14.2. The van der Waals surface area contributed by atoms with Gasteiger partial charge in [0.05, 0.1) is 0 Å². The fourth-order valence-electron chi connectivity index (χ4n) is 3.74. The van der Waals surface area contributed by atoms with Gasteiger partial charge in [-0.2, -0.15) is 0 Å². The Bertz CT molecular complexity index is 767. The molecule has 1 N–H and O–H groups in total. The molecule has 1 aliphatic rings. The summed E-state index contributed by atoms with van der Waals surface area (Å²) < 4.78 is 0. The van der Waals surface area contributed by atoms with Crippen molar-refractivity contribution in [2.45, 2.75) is 36.9 Å². The van der Waals surface area contributed by atoms with Crippen molar-refractivity contribution in [3.05, 3.63) is 48.0 Å². The highest BCUT2D eigenvalue weighted by Gasteiger charge is 2.20. The van der Waals surface area contributed by atoms with Gasteiger partial charge in [-0.3, -0.25) is 0 Å². The fourth-order valence-corrected chi connectivity index (χ4v) is 4.55. The van der Waals surface area contributed by atoms with E-state index in [-0.39, 0.29) is 0 Å². The molecule has 1 nitrogen and oxygen atoms in total. The van der Waals surface area contributed by atoms with E-state index in [1.165, 1.54) is 59.5 Å². The van der Waals surface area contributed by atoms with Crippen molar-refractivity contribution >= 4 is 37.7 Å². The number of benzene rings is 2. The number of hydrogen-bond donors (Lipinski definition) is 1. The van der Waals surface area contributed by atoms with Gasteiger partial charge in [0.2, 0.25) is 0 Å². The van der Waals surface area contributed by atoms with Gasteiger partial charge in [-0.15, -0.1) is 0 Å². The van der Waals surface area contributed by atoms with Crippen LogP contribution in [0.25, 0.3) is 21.8 Å². The van der Waals surface area contributed by atoms with E-state index < -0.39 is 0 Å². The number of halogens is 1. The van der Waals surface area contributed by atoms with Crippen LogP contribution in [0.1, 0.15) is 42.5 Å². The summed E-state index contributed by atoms with van der Waals surface area (Å²) in [5.41, 5.74) is 3.88. The highest BCUT2D eigenvalue weighted by molar-refractivity contribution is 9.09. The van der Waals surface area contributed by atoms with Gasteiger partial charge in [0.15, 0.2) is 0 Å². The summed E-state index contributed by atoms with van der Waals surface area (Å²) in [6.07, 6.45) is 6.94. The molecule has 0 spiro atoms. The predicted molar refractivity (Wildman–Crippen MR) is 94.0 cm³/mol. The van der Waals surface area contributed by atoms with Crippen molar-refractivity contribution < 1.29 is 0 Å². The van der Waals surface area contributed by atoms with E-state index in [0.29, 0.717) is 4.83 Å². The molecular weight excluding hydrogens is 322 g/mol. The maximum Gasteiger partial charge on any atom is 0.0465 e. The normalized spacial score (nSPS) is 17.8. The standard InChI is InChI=1S/C19H20BrN/c20-17(11-13-5-1-2-6-13)14-9-10-19-16(12-14)15-7-3-4-8-18(15)21-19/h3-4,7-10,12-13,17,21H,1-2,5-6,11H2. The van der Waals surface area contributed by atoms with Crippen molar-refractivity contribution in [3.63, 3.8) is 0 Å². The van der Waals surface area contributed by atoms with Crippen LogP contribution in [-0.4, -0.2) is 4.98 Å². The van der Waals surface area contributed by atoms with Crippen LogP contribution in [0.2, 0.25) is 0 Å². The Hall–Kier alpha value is -1.28. The van der Waals surface area contributed by atoms with E-state index in [9.17, 15) is 0 Å². The average molecular weight is 342 g/mol. The second kappa shape index (κ2) is 5.49. The molecule has 2 aromatic carbocycles. The zero-order valence-electron chi connectivity index (χ0n) is 12.1. The van der Waals surface area contributed by atoms with Crippen molar-refractivity contribution in [2.75, 3.05) is 0 Å². The second-order valence-electron chi connectivity index (χ2n) is 6.33. The molecule has 0 bridgehead atoms. The first-order valence-corrected chi connectivity index (χ1v) is 8.87. The number of fused-ring (bicyclic) bond motifs is 3. The maximum atomic E-state index is 3.92. The highest BCUT2D eigenvalue weighted by Crippen LogP contribution is 2.38. The van der Waals surface area contributed by atoms with Gasteiger partial charge in [0.25, 0.3) is 0 Å². The van der Waals surface area contributed by atoms with Crippen LogP contribution in [0.3, 0.4) is 0 Å². The number of rotatable bonds is 3. The third-order valence-electron chi connectivity index (χ3n) is 4.91. The molecule has 0 radical (unpaired) electrons. The molecule has 1 aliphatic carbocycles. The lowest BCUT2D eigenvalue weighted by Gasteiger charge is -2.15. The van der Waals surface area contributed by atoms with Gasteiger partial charge in [-0.05, 0) is 36.1 Å². The monoisotopic (exact) mass is 341 g/mol. The number of nitrogens with one attached hydrogen (secondary N) is 1. The Morgan fingerprint density at radius 2 is 1.76 bits per heavy atom. The van der Waals surface area contributed by atoms with Gasteiger partial charge < -0.3 is 4.98 Å². The van der Waals surface area contributed by atoms with E-state index in [1.54, 1.807) is 0 Å². The molecule has 1 aromatic heterocycles. The topological polar surface area (TPSA) is 15.8 Å². The van der Waals surface area contributed by atoms with Crippen molar-refractivity contribution in [1.29, 1.82) is 0 Å². The molecule has 4 rings (SSSR count). The smallest absolute Gasteiger partial charge is 0.0465 e. The highest BCUT2D eigenvalue weighted by atomic mass is 79.9. The largest absolute Gasteiger partial charge is 0.355 e. The number of alkyl halides is 1. The lowest BCUT2D eigenvalue weighted by Crippen LogP contribution is -1.99. The van der Waals surface area contributed by atoms with Crippen molar-refractivity contribution in [1.82, 2.24) is 4.98 Å². The van der Waals surface area contributed by atoms with E-state index in [4.69, 9.17) is 0 Å². The van der Waals surface area contributed by atoms with Crippen LogP contribution in [0.15, 0.2) is 42.5 Å². The molecule has 0 aliphatic heterocycles. The lowest BCUT2D eigenvalue weighted by molar-refractivity contribution is 0.502. The molecule has 1 unspecified atom stereocenters. The first-order chi connectivity index (χ1) is 10.3. The molecule has 0 amide bonds. The van der Waals surface area contributed by atoms with Crippen molar-refractivity contribution in [2.24, 2.45) is 5.92 Å². The molecule has 0 saturated heterocycles. The minimum atomic E-state index is 0.485. The predicted octanol–water partition coefficient (Wildman–Crippen LogP) is 6.34. The molecule has 1 atom stereocenters. The summed E-state index contributed by atoms with van der Waals surface area (Å²) in [6.45, 7) is 0. The minimum absolute atomic E-state index is 0.485. The molecule has 108 valence electrons. The summed E-state index contributed by atoms with van der Waals surface area (Å²) in [5, 5.41) is 2.67. The van der Waals surface area contributed by atoms with Crippen LogP contribution < -0.4 is 0 Å². The Labute approximate surface area is 133 Å². The first-order valence-electron chi connectivity index (χ1n) is 7.96. The van der Waals surface area contributed by atoms with Crippen LogP contribution in [-0.2, 0) is 0 Å². The molecule has 1 saturated carbocycles. The molecule has 1 heterocycles. The van der Waals surface area contributed by atoms with Gasteiger partial charge in [-0.25, -0.2) is 0 Å². The summed E-state index contributed by atoms with van der Waals surface area (Å²) in [7, 11) is 0. The average Bonchev–Trinajstić information content (AvgIpc) is 3.13. The van der Waals surface area contributed by atoms with E-state index in [2.05, 4.69) is 63.4 Å². The van der Waals surface area contributed by atoms with Gasteiger partial charge in [-0.1, -0.05) is 65.9 Å². The van der Waals surface area contributed by atoms with Crippen LogP contribution in [0.5, 0.6) is 0 Å². The molecule has 21 heavy (non-hydrogen) atoms. The number of para-hydroxylation sites is 1. The molecule has 3 aromatic rings. The SMILES string of the molecule is BrC(CC1CCCC1)c1ccc2[nH]c3ccccc3c2c1. The zero-order valence-corrected chi connectivity index (χ0v) is 13.7. The summed E-state index contributed by atoms with van der Waals surface area (Å²) in [5.74, 6) is 0.910. The maximum absolute atomic E-state index is 3.92. The third kappa shape index (κ3) is 2.50. The Kier molecular flexibility index (Phi) is 3.50. The summed E-state index contributed by atoms with van der Waals surface area (Å²) in [6, 6.07) is 15.4. The van der Waals surface area contributed by atoms with E-state index in [1.807, 2.05) is 0 Å². The summed E-state index contributed by atoms with van der Waals surface area (Å²) in [4.78, 5) is 3.99. The van der Waals surface area contributed by atoms with Crippen LogP contribution >= 0.6 is 15.9 Å². The van der Waals surface area contributed by atoms with Crippen LogP contribution in [0.4, 0.5) is 0 Å². The number of H-pyrrole nitrogens is 1. The van der Waals surface area contributed by atoms with Gasteiger partial charge in [0, 0.05) is 26.6 Å². The first kappa shape index (κ1) is 13.4. The molecule has 1 fully saturated rings. The third-order valence-corrected chi connectivity index (χ3v) is 5.81. The Morgan fingerprint density at radius 1 is 1.00 bits per heavy atom. The quantitative estimate of drug-likeness (QED) is 0.535. The second-order valence-corrected chi connectivity index (χ2v) is 7.43. The fraction of sp³-hybridized carbons (Fsp3) is 0.368. The van der Waals surface area contributed by atoms with Crippen LogP contribution in [0, 0.1) is 5.92 Å². The van der Waals surface area contributed by atoms with Crippen molar-refractivity contribution in [3.8, 4) is 0 Å². The molecule has 2 heteroatoms. The molecular formula is C19H20BrN. The summed E-state index contributed by atoms with van der Waals surface area (Å²) >= 11 is 3.92. The Balaban J connectivity index is 1.70.